The van der Waals surface area contributed by atoms with Gasteiger partial charge in [-0.2, -0.15) is 0 Å². The van der Waals surface area contributed by atoms with Gasteiger partial charge in [-0.25, -0.2) is 0 Å². The number of nitrogens with two attached hydrogens (primary N) is 1. The summed E-state index contributed by atoms with van der Waals surface area (Å²) in [5.41, 5.74) is 6.28. The average molecular weight is 264 g/mol. The lowest BCUT2D eigenvalue weighted by Crippen LogP contribution is -2.27. The summed E-state index contributed by atoms with van der Waals surface area (Å²) in [5.74, 6) is 5.38. The molecule has 96 valence electrons. The molecule has 1 aliphatic heterocycles. The van der Waals surface area contributed by atoms with Crippen molar-refractivity contribution in [2.75, 3.05) is 19.7 Å². The van der Waals surface area contributed by atoms with Gasteiger partial charge in [0.1, 0.15) is 6.61 Å². The van der Waals surface area contributed by atoms with Crippen LogP contribution < -0.4 is 5.73 Å². The lowest BCUT2D eigenvalue weighted by Gasteiger charge is -2.14. The first-order chi connectivity index (χ1) is 8.70. The summed E-state index contributed by atoms with van der Waals surface area (Å²) in [5, 5.41) is 10.7. The zero-order valence-corrected chi connectivity index (χ0v) is 10.9. The number of rotatable bonds is 3. The number of aliphatic hydroxyl groups excluding tert-OH is 1. The van der Waals surface area contributed by atoms with Crippen LogP contribution in [0.3, 0.4) is 0 Å². The summed E-state index contributed by atoms with van der Waals surface area (Å²) in [6, 6.07) is 1.96. The zero-order valence-electron chi connectivity index (χ0n) is 10.1. The molecule has 1 amide bonds. The van der Waals surface area contributed by atoms with E-state index in [0.717, 1.165) is 31.6 Å². The third kappa shape index (κ3) is 3.10. The van der Waals surface area contributed by atoms with Crippen LogP contribution in [0.4, 0.5) is 0 Å². The molecule has 3 N–H and O–H groups in total. The number of likely N-dealkylation sites (tertiary alicyclic amines) is 1. The quantitative estimate of drug-likeness (QED) is 0.777. The first-order valence-electron chi connectivity index (χ1n) is 5.88. The number of thiophene rings is 1. The molecule has 2 heterocycles. The van der Waals surface area contributed by atoms with E-state index in [2.05, 4.69) is 16.7 Å². The van der Waals surface area contributed by atoms with Crippen LogP contribution in [0.25, 0.3) is 0 Å². The number of primary amides is 1. The molecule has 5 heteroatoms. The monoisotopic (exact) mass is 264 g/mol. The highest BCUT2D eigenvalue weighted by molar-refractivity contribution is 7.10. The van der Waals surface area contributed by atoms with Crippen molar-refractivity contribution in [1.82, 2.24) is 4.90 Å². The van der Waals surface area contributed by atoms with Gasteiger partial charge in [-0.1, -0.05) is 11.8 Å². The molecule has 1 unspecified atom stereocenters. The van der Waals surface area contributed by atoms with Crippen LogP contribution in [-0.2, 0) is 11.3 Å². The van der Waals surface area contributed by atoms with E-state index in [4.69, 9.17) is 10.8 Å². The minimum absolute atomic E-state index is 0.0167. The lowest BCUT2D eigenvalue weighted by molar-refractivity contribution is -0.121. The Morgan fingerprint density at radius 1 is 1.67 bits per heavy atom. The van der Waals surface area contributed by atoms with Crippen molar-refractivity contribution >= 4 is 17.2 Å². The fraction of sp³-hybridized carbons (Fsp3) is 0.462. The summed E-state index contributed by atoms with van der Waals surface area (Å²) in [4.78, 5) is 14.5. The highest BCUT2D eigenvalue weighted by Gasteiger charge is 2.26. The number of hydrogen-bond acceptors (Lipinski definition) is 4. The van der Waals surface area contributed by atoms with E-state index in [-0.39, 0.29) is 18.4 Å². The topological polar surface area (TPSA) is 66.6 Å². The summed E-state index contributed by atoms with van der Waals surface area (Å²) in [7, 11) is 0. The van der Waals surface area contributed by atoms with Crippen LogP contribution in [0.15, 0.2) is 11.4 Å². The molecule has 18 heavy (non-hydrogen) atoms. The Labute approximate surface area is 110 Å². The van der Waals surface area contributed by atoms with Gasteiger partial charge in [-0.15, -0.1) is 11.3 Å². The van der Waals surface area contributed by atoms with Crippen LogP contribution in [-0.4, -0.2) is 35.6 Å². The van der Waals surface area contributed by atoms with Crippen molar-refractivity contribution in [1.29, 1.82) is 0 Å². The molecule has 0 aliphatic carbocycles. The van der Waals surface area contributed by atoms with Crippen molar-refractivity contribution in [2.45, 2.75) is 13.0 Å². The molecule has 1 aliphatic rings. The molecule has 0 aromatic carbocycles. The van der Waals surface area contributed by atoms with Gasteiger partial charge < -0.3 is 10.8 Å². The molecule has 1 saturated heterocycles. The normalized spacial score (nSPS) is 19.5. The second-order valence-electron chi connectivity index (χ2n) is 4.34. The smallest absolute Gasteiger partial charge is 0.221 e. The maximum Gasteiger partial charge on any atom is 0.221 e. The van der Waals surface area contributed by atoms with Gasteiger partial charge in [-0.3, -0.25) is 9.69 Å². The largest absolute Gasteiger partial charge is 0.384 e. The summed E-state index contributed by atoms with van der Waals surface area (Å²) in [6.07, 6.45) is 0.846. The minimum atomic E-state index is -0.205. The van der Waals surface area contributed by atoms with E-state index in [1.54, 1.807) is 11.3 Å². The maximum atomic E-state index is 11.1. The van der Waals surface area contributed by atoms with E-state index < -0.39 is 0 Å². The van der Waals surface area contributed by atoms with Crippen molar-refractivity contribution in [2.24, 2.45) is 11.7 Å². The molecule has 0 saturated carbocycles. The van der Waals surface area contributed by atoms with Gasteiger partial charge >= 0.3 is 0 Å². The number of aliphatic hydroxyl groups is 1. The molecule has 1 fully saturated rings. The second-order valence-corrected chi connectivity index (χ2v) is 5.34. The maximum absolute atomic E-state index is 11.1. The Kier molecular flexibility index (Phi) is 4.37. The Bertz CT molecular complexity index is 487. The predicted molar refractivity (Wildman–Crippen MR) is 70.9 cm³/mol. The Balaban J connectivity index is 1.98. The fourth-order valence-corrected chi connectivity index (χ4v) is 2.99. The number of carbonyl (C=O) groups excluding carboxylic acids is 1. The molecule has 1 atom stereocenters. The van der Waals surface area contributed by atoms with Crippen LogP contribution in [0.2, 0.25) is 0 Å². The van der Waals surface area contributed by atoms with E-state index in [1.807, 2.05) is 11.4 Å². The van der Waals surface area contributed by atoms with E-state index in [0.29, 0.717) is 0 Å². The van der Waals surface area contributed by atoms with Crippen molar-refractivity contribution < 1.29 is 9.90 Å². The molecule has 0 radical (unpaired) electrons. The van der Waals surface area contributed by atoms with Gasteiger partial charge in [0.2, 0.25) is 5.91 Å². The molecule has 0 bridgehead atoms. The van der Waals surface area contributed by atoms with Gasteiger partial charge in [0.15, 0.2) is 0 Å². The Hall–Kier alpha value is -1.35. The molecular formula is C13H16N2O2S. The number of nitrogens with zero attached hydrogens (tertiary/aromatic N) is 1. The minimum Gasteiger partial charge on any atom is -0.384 e. The van der Waals surface area contributed by atoms with Crippen molar-refractivity contribution in [3.8, 4) is 11.8 Å². The Morgan fingerprint density at radius 3 is 3.17 bits per heavy atom. The van der Waals surface area contributed by atoms with E-state index >= 15 is 0 Å². The summed E-state index contributed by atoms with van der Waals surface area (Å²) >= 11 is 1.65. The van der Waals surface area contributed by atoms with Gasteiger partial charge in [-0.05, 0) is 24.4 Å². The van der Waals surface area contributed by atoms with E-state index in [1.165, 1.54) is 4.88 Å². The van der Waals surface area contributed by atoms with Gasteiger partial charge in [0.05, 0.1) is 5.92 Å². The van der Waals surface area contributed by atoms with Gasteiger partial charge in [0.25, 0.3) is 0 Å². The van der Waals surface area contributed by atoms with Crippen LogP contribution in [0.5, 0.6) is 0 Å². The van der Waals surface area contributed by atoms with Crippen LogP contribution in [0.1, 0.15) is 16.9 Å². The summed E-state index contributed by atoms with van der Waals surface area (Å²) < 4.78 is 0. The number of amides is 1. The van der Waals surface area contributed by atoms with Crippen LogP contribution in [0, 0.1) is 17.8 Å². The molecule has 2 rings (SSSR count). The first kappa shape index (κ1) is 13.1. The molecule has 4 nitrogen and oxygen atoms in total. The standard InChI is InChI=1S/C13H16N2O2S/c14-13(17)11-3-5-15(8-11)9-12-10(2-1-6-16)4-7-18-12/h4,7,11,16H,3,5-6,8-9H2,(H2,14,17). The zero-order chi connectivity index (χ0) is 13.0. The summed E-state index contributed by atoms with van der Waals surface area (Å²) in [6.45, 7) is 2.32. The highest BCUT2D eigenvalue weighted by Crippen LogP contribution is 2.23. The van der Waals surface area contributed by atoms with Gasteiger partial charge in [0, 0.05) is 23.5 Å². The number of hydrogen-bond donors (Lipinski definition) is 2. The lowest BCUT2D eigenvalue weighted by atomic mass is 10.1. The predicted octanol–water partition coefficient (Wildman–Crippen LogP) is 0.399. The Morgan fingerprint density at radius 2 is 2.50 bits per heavy atom. The molecular weight excluding hydrogens is 248 g/mol. The van der Waals surface area contributed by atoms with Crippen molar-refractivity contribution in [3.63, 3.8) is 0 Å². The third-order valence-electron chi connectivity index (χ3n) is 3.09. The van der Waals surface area contributed by atoms with Crippen LogP contribution >= 0.6 is 11.3 Å². The molecule has 1 aromatic rings. The van der Waals surface area contributed by atoms with E-state index in [9.17, 15) is 4.79 Å². The fourth-order valence-electron chi connectivity index (χ4n) is 2.12. The second kappa shape index (κ2) is 6.01. The van der Waals surface area contributed by atoms with Crippen molar-refractivity contribution in [3.05, 3.63) is 21.9 Å². The highest BCUT2D eigenvalue weighted by atomic mass is 32.1. The average Bonchev–Trinajstić information content (AvgIpc) is 2.96. The number of carbonyl (C=O) groups is 1. The third-order valence-corrected chi connectivity index (χ3v) is 4.00. The SMILES string of the molecule is NC(=O)C1CCN(Cc2sccc2C#CCO)C1. The first-order valence-corrected chi connectivity index (χ1v) is 6.76. The molecule has 1 aromatic heterocycles. The molecule has 0 spiro atoms.